The molecule has 3 N–H and O–H groups in total. The van der Waals surface area contributed by atoms with Crippen molar-refractivity contribution in [2.75, 3.05) is 6.54 Å². The summed E-state index contributed by atoms with van der Waals surface area (Å²) in [5, 5.41) is 2.60. The van der Waals surface area contributed by atoms with Crippen LogP contribution in [0.3, 0.4) is 0 Å². The second kappa shape index (κ2) is 9.46. The molecular formula is C23H26F3N5O2. The van der Waals surface area contributed by atoms with E-state index in [0.717, 1.165) is 18.9 Å². The Bertz CT molecular complexity index is 1040. The third-order valence-electron chi connectivity index (χ3n) is 6.62. The van der Waals surface area contributed by atoms with E-state index < -0.39 is 29.4 Å². The van der Waals surface area contributed by atoms with E-state index in [9.17, 15) is 22.8 Å². The van der Waals surface area contributed by atoms with Gasteiger partial charge in [0.1, 0.15) is 11.5 Å². The molecule has 2 bridgehead atoms. The van der Waals surface area contributed by atoms with Gasteiger partial charge in [0.15, 0.2) is 11.6 Å². The zero-order valence-corrected chi connectivity index (χ0v) is 18.2. The maximum atomic E-state index is 14.0. The summed E-state index contributed by atoms with van der Waals surface area (Å²) >= 11 is 0. The number of benzene rings is 1. The predicted molar refractivity (Wildman–Crippen MR) is 113 cm³/mol. The highest BCUT2D eigenvalue weighted by Crippen LogP contribution is 2.40. The van der Waals surface area contributed by atoms with Crippen molar-refractivity contribution in [3.63, 3.8) is 0 Å². The first-order chi connectivity index (χ1) is 15.7. The van der Waals surface area contributed by atoms with E-state index in [0.29, 0.717) is 24.6 Å². The Hall–Kier alpha value is -3.01. The maximum Gasteiger partial charge on any atom is 0.271 e. The normalized spacial score (nSPS) is 22.8. The summed E-state index contributed by atoms with van der Waals surface area (Å²) < 4.78 is 40.7. The summed E-state index contributed by atoms with van der Waals surface area (Å²) in [5.41, 5.74) is 7.21. The number of halogens is 3. The molecule has 0 saturated carbocycles. The number of nitrogens with one attached hydrogen (secondary N) is 1. The van der Waals surface area contributed by atoms with Gasteiger partial charge in [-0.2, -0.15) is 0 Å². The number of aryl methyl sites for hydroxylation is 1. The Morgan fingerprint density at radius 3 is 2.39 bits per heavy atom. The molecule has 0 spiro atoms. The molecule has 7 nitrogen and oxygen atoms in total. The van der Waals surface area contributed by atoms with Crippen molar-refractivity contribution < 1.29 is 22.8 Å². The van der Waals surface area contributed by atoms with E-state index in [-0.39, 0.29) is 48.1 Å². The van der Waals surface area contributed by atoms with Gasteiger partial charge in [-0.1, -0.05) is 0 Å². The number of hydrogen-bond donors (Lipinski definition) is 2. The molecule has 2 aliphatic rings. The topological polar surface area (TPSA) is 101 Å². The number of hydrogen-bond acceptors (Lipinski definition) is 5. The van der Waals surface area contributed by atoms with E-state index in [4.69, 9.17) is 5.73 Å². The number of nitrogens with zero attached hydrogens (tertiary/aromatic N) is 3. The van der Waals surface area contributed by atoms with Gasteiger partial charge in [0.05, 0.1) is 18.4 Å². The van der Waals surface area contributed by atoms with Crippen LogP contribution in [0, 0.1) is 30.3 Å². The lowest BCUT2D eigenvalue weighted by atomic mass is 9.82. The van der Waals surface area contributed by atoms with Crippen LogP contribution in [0.25, 0.3) is 0 Å². The standard InChI is InChI=1S/C23H26F3N5O2/c1-12-9-29-21(10-28-12)23(33)30-11-22(32)31-15-2-3-16(31)5-14(4-15)20(27)7-13-6-18(25)19(26)8-17(13)24/h6,8-10,14-16,20H,2-5,7,11,27H2,1H3,(H,30,33)/t14?,15?,16?,20-/m1/s1. The summed E-state index contributed by atoms with van der Waals surface area (Å²) in [6.07, 6.45) is 5.89. The lowest BCUT2D eigenvalue weighted by Gasteiger charge is -2.41. The minimum atomic E-state index is -1.23. The van der Waals surface area contributed by atoms with Gasteiger partial charge >= 0.3 is 0 Å². The fraction of sp³-hybridized carbons (Fsp3) is 0.478. The fourth-order valence-corrected chi connectivity index (χ4v) is 4.96. The maximum absolute atomic E-state index is 14.0. The van der Waals surface area contributed by atoms with Crippen LogP contribution in [0.5, 0.6) is 0 Å². The number of carbonyl (C=O) groups is 2. The van der Waals surface area contributed by atoms with Gasteiger partial charge < -0.3 is 16.0 Å². The number of fused-ring (bicyclic) bond motifs is 2. The average molecular weight is 461 g/mol. The Labute approximate surface area is 189 Å². The summed E-state index contributed by atoms with van der Waals surface area (Å²) in [6, 6.07) is 0.929. The van der Waals surface area contributed by atoms with Crippen molar-refractivity contribution in [1.82, 2.24) is 20.2 Å². The molecule has 4 rings (SSSR count). The van der Waals surface area contributed by atoms with Crippen LogP contribution in [-0.4, -0.2) is 51.4 Å². The Morgan fingerprint density at radius 1 is 1.09 bits per heavy atom. The van der Waals surface area contributed by atoms with Crippen LogP contribution in [-0.2, 0) is 11.2 Å². The van der Waals surface area contributed by atoms with E-state index in [1.54, 1.807) is 6.92 Å². The molecule has 1 aromatic carbocycles. The molecule has 3 atom stereocenters. The van der Waals surface area contributed by atoms with Crippen LogP contribution < -0.4 is 11.1 Å². The van der Waals surface area contributed by atoms with Gasteiger partial charge in [0, 0.05) is 30.4 Å². The summed E-state index contributed by atoms with van der Waals surface area (Å²) in [6.45, 7) is 1.62. The zero-order valence-electron chi connectivity index (χ0n) is 18.2. The van der Waals surface area contributed by atoms with Gasteiger partial charge in [-0.05, 0) is 56.6 Å². The molecule has 1 aromatic heterocycles. The molecular weight excluding hydrogens is 435 g/mol. The van der Waals surface area contributed by atoms with Crippen molar-refractivity contribution in [2.24, 2.45) is 11.7 Å². The van der Waals surface area contributed by atoms with Crippen LogP contribution >= 0.6 is 0 Å². The molecule has 2 saturated heterocycles. The molecule has 176 valence electrons. The van der Waals surface area contributed by atoms with Crippen LogP contribution in [0.2, 0.25) is 0 Å². The zero-order chi connectivity index (χ0) is 23.7. The number of amides is 2. The van der Waals surface area contributed by atoms with Crippen molar-refractivity contribution in [3.8, 4) is 0 Å². The minimum Gasteiger partial charge on any atom is -0.342 e. The molecule has 0 aliphatic carbocycles. The second-order valence-corrected chi connectivity index (χ2v) is 8.87. The second-order valence-electron chi connectivity index (χ2n) is 8.87. The highest BCUT2D eigenvalue weighted by Gasteiger charge is 2.44. The molecule has 33 heavy (non-hydrogen) atoms. The van der Waals surface area contributed by atoms with Gasteiger partial charge in [-0.25, -0.2) is 18.2 Å². The van der Waals surface area contributed by atoms with Gasteiger partial charge in [-0.3, -0.25) is 14.6 Å². The smallest absolute Gasteiger partial charge is 0.271 e. The first-order valence-electron chi connectivity index (χ1n) is 11.0. The Kier molecular flexibility index (Phi) is 6.64. The molecule has 3 heterocycles. The summed E-state index contributed by atoms with van der Waals surface area (Å²) in [5.74, 6) is -3.75. The quantitative estimate of drug-likeness (QED) is 0.643. The first-order valence-corrected chi connectivity index (χ1v) is 11.0. The van der Waals surface area contributed by atoms with Crippen molar-refractivity contribution in [3.05, 3.63) is 58.9 Å². The predicted octanol–water partition coefficient (Wildman–Crippen LogP) is 2.27. The van der Waals surface area contributed by atoms with E-state index in [2.05, 4.69) is 15.3 Å². The highest BCUT2D eigenvalue weighted by molar-refractivity contribution is 5.94. The molecule has 10 heteroatoms. The number of aromatic nitrogens is 2. The SMILES string of the molecule is Cc1cnc(C(=O)NCC(=O)N2C3CCC2CC([C@H](N)Cc2cc(F)c(F)cc2F)C3)cn1. The van der Waals surface area contributed by atoms with E-state index >= 15 is 0 Å². The molecule has 2 amide bonds. The summed E-state index contributed by atoms with van der Waals surface area (Å²) in [4.78, 5) is 34.9. The van der Waals surface area contributed by atoms with Crippen molar-refractivity contribution in [2.45, 2.75) is 57.2 Å². The molecule has 2 aliphatic heterocycles. The Morgan fingerprint density at radius 2 is 1.76 bits per heavy atom. The van der Waals surface area contributed by atoms with Crippen LogP contribution in [0.15, 0.2) is 24.5 Å². The number of carbonyl (C=O) groups excluding carboxylic acids is 2. The minimum absolute atomic E-state index is 0.0156. The largest absolute Gasteiger partial charge is 0.342 e. The van der Waals surface area contributed by atoms with Crippen LogP contribution in [0.1, 0.15) is 47.4 Å². The number of rotatable bonds is 6. The van der Waals surface area contributed by atoms with Gasteiger partial charge in [0.25, 0.3) is 5.91 Å². The van der Waals surface area contributed by atoms with Crippen LogP contribution in [0.4, 0.5) is 13.2 Å². The van der Waals surface area contributed by atoms with Gasteiger partial charge in [0.2, 0.25) is 5.91 Å². The lowest BCUT2D eigenvalue weighted by Crippen LogP contribution is -2.52. The molecule has 2 aromatic rings. The Balaban J connectivity index is 1.34. The fourth-order valence-electron chi connectivity index (χ4n) is 4.96. The first kappa shape index (κ1) is 23.2. The van der Waals surface area contributed by atoms with E-state index in [1.165, 1.54) is 12.4 Å². The molecule has 2 fully saturated rings. The van der Waals surface area contributed by atoms with Crippen molar-refractivity contribution in [1.29, 1.82) is 0 Å². The highest BCUT2D eigenvalue weighted by atomic mass is 19.2. The molecule has 2 unspecified atom stereocenters. The lowest BCUT2D eigenvalue weighted by molar-refractivity contribution is -0.135. The average Bonchev–Trinajstić information content (AvgIpc) is 3.05. The third-order valence-corrected chi connectivity index (χ3v) is 6.62. The monoisotopic (exact) mass is 461 g/mol. The van der Waals surface area contributed by atoms with E-state index in [1.807, 2.05) is 4.90 Å². The van der Waals surface area contributed by atoms with Gasteiger partial charge in [-0.15, -0.1) is 0 Å². The summed E-state index contributed by atoms with van der Waals surface area (Å²) in [7, 11) is 0. The number of nitrogens with two attached hydrogens (primary N) is 1. The molecule has 0 radical (unpaired) electrons. The number of piperidine rings is 1. The third kappa shape index (κ3) is 5.00. The van der Waals surface area contributed by atoms with Crippen molar-refractivity contribution >= 4 is 11.8 Å².